The summed E-state index contributed by atoms with van der Waals surface area (Å²) in [4.78, 5) is 31.1. The number of fused-ring (bicyclic) bond motifs is 1. The van der Waals surface area contributed by atoms with E-state index in [-0.39, 0.29) is 24.8 Å². The zero-order valence-corrected chi connectivity index (χ0v) is 18.6. The van der Waals surface area contributed by atoms with Gasteiger partial charge in [0.15, 0.2) is 5.54 Å². The van der Waals surface area contributed by atoms with E-state index in [4.69, 9.17) is 11.6 Å². The second-order valence-corrected chi connectivity index (χ2v) is 9.13. The molecule has 2 aromatic carbocycles. The SMILES string of the molecule is CSc1ccccc1C1(N2C[C@H](O)C[C@H]2C(=O)N(C)C)C(=O)Nc2ccc(Cl)cc21. The summed E-state index contributed by atoms with van der Waals surface area (Å²) in [6, 6.07) is 12.4. The molecule has 1 saturated heterocycles. The van der Waals surface area contributed by atoms with Crippen molar-refractivity contribution in [3.05, 3.63) is 58.6 Å². The normalized spacial score (nSPS) is 25.8. The molecule has 2 amide bonds. The fourth-order valence-electron chi connectivity index (χ4n) is 4.63. The van der Waals surface area contributed by atoms with Crippen molar-refractivity contribution in [2.24, 2.45) is 0 Å². The van der Waals surface area contributed by atoms with Crippen LogP contribution >= 0.6 is 23.4 Å². The number of hydrogen-bond donors (Lipinski definition) is 2. The maximum atomic E-state index is 13.8. The van der Waals surface area contributed by atoms with Crippen molar-refractivity contribution in [3.8, 4) is 0 Å². The Balaban J connectivity index is 2.03. The predicted octanol–water partition coefficient (Wildman–Crippen LogP) is 2.78. The number of likely N-dealkylation sites (N-methyl/N-ethyl adjacent to an activating group) is 1. The largest absolute Gasteiger partial charge is 0.392 e. The smallest absolute Gasteiger partial charge is 0.254 e. The minimum absolute atomic E-state index is 0.143. The number of likely N-dealkylation sites (tertiary alicyclic amines) is 1. The van der Waals surface area contributed by atoms with Crippen LogP contribution in [-0.4, -0.2) is 65.8 Å². The summed E-state index contributed by atoms with van der Waals surface area (Å²) in [6.07, 6.45) is 1.51. The van der Waals surface area contributed by atoms with E-state index in [1.807, 2.05) is 35.4 Å². The zero-order chi connectivity index (χ0) is 21.6. The number of thioether (sulfide) groups is 1. The lowest BCUT2D eigenvalue weighted by Gasteiger charge is -2.41. The van der Waals surface area contributed by atoms with Crippen molar-refractivity contribution in [3.63, 3.8) is 0 Å². The van der Waals surface area contributed by atoms with Crippen molar-refractivity contribution in [2.75, 3.05) is 32.2 Å². The van der Waals surface area contributed by atoms with E-state index in [2.05, 4.69) is 5.32 Å². The number of rotatable bonds is 4. The van der Waals surface area contributed by atoms with E-state index < -0.39 is 17.7 Å². The van der Waals surface area contributed by atoms with Crippen molar-refractivity contribution in [2.45, 2.75) is 29.0 Å². The molecule has 0 spiro atoms. The van der Waals surface area contributed by atoms with E-state index in [0.29, 0.717) is 16.3 Å². The molecule has 2 aromatic rings. The highest BCUT2D eigenvalue weighted by Crippen LogP contribution is 2.51. The summed E-state index contributed by atoms with van der Waals surface area (Å²) in [5, 5.41) is 14.1. The highest BCUT2D eigenvalue weighted by Gasteiger charge is 2.59. The standard InChI is InChI=1S/C22H24ClN3O3S/c1-25(2)20(28)18-11-14(27)12-26(18)22(15-6-4-5-7-19(15)30-3)16-10-13(23)8-9-17(16)24-21(22)29/h4-10,14,18,27H,11-12H2,1-3H3,(H,24,29)/t14-,18+,22?/m1/s1. The molecule has 0 saturated carbocycles. The molecule has 8 heteroatoms. The summed E-state index contributed by atoms with van der Waals surface area (Å²) in [6.45, 7) is 0.201. The quantitative estimate of drug-likeness (QED) is 0.708. The van der Waals surface area contributed by atoms with Crippen LogP contribution in [0.15, 0.2) is 47.4 Å². The lowest BCUT2D eigenvalue weighted by atomic mass is 9.81. The summed E-state index contributed by atoms with van der Waals surface area (Å²) >= 11 is 7.90. The number of hydrogen-bond acceptors (Lipinski definition) is 5. The van der Waals surface area contributed by atoms with Gasteiger partial charge in [-0.25, -0.2) is 0 Å². The minimum atomic E-state index is -1.27. The van der Waals surface area contributed by atoms with Crippen LogP contribution in [0.1, 0.15) is 17.5 Å². The molecule has 6 nitrogen and oxygen atoms in total. The Hall–Kier alpha value is -2.06. The van der Waals surface area contributed by atoms with Crippen LogP contribution in [0.5, 0.6) is 0 Å². The highest BCUT2D eigenvalue weighted by atomic mass is 35.5. The van der Waals surface area contributed by atoms with Gasteiger partial charge in [0, 0.05) is 41.8 Å². The van der Waals surface area contributed by atoms with Crippen LogP contribution in [0.25, 0.3) is 0 Å². The maximum Gasteiger partial charge on any atom is 0.254 e. The zero-order valence-electron chi connectivity index (χ0n) is 17.1. The number of anilines is 1. The average Bonchev–Trinajstić information content (AvgIpc) is 3.24. The van der Waals surface area contributed by atoms with Gasteiger partial charge in [-0.3, -0.25) is 14.5 Å². The van der Waals surface area contributed by atoms with Gasteiger partial charge in [0.05, 0.1) is 12.1 Å². The van der Waals surface area contributed by atoms with Gasteiger partial charge in [0.25, 0.3) is 5.91 Å². The molecule has 4 rings (SSSR count). The third kappa shape index (κ3) is 3.12. The summed E-state index contributed by atoms with van der Waals surface area (Å²) in [5.74, 6) is -0.386. The van der Waals surface area contributed by atoms with Crippen LogP contribution in [0, 0.1) is 0 Å². The molecule has 2 aliphatic heterocycles. The van der Waals surface area contributed by atoms with Crippen molar-refractivity contribution >= 4 is 40.9 Å². The molecule has 1 unspecified atom stereocenters. The minimum Gasteiger partial charge on any atom is -0.392 e. The third-order valence-electron chi connectivity index (χ3n) is 5.88. The van der Waals surface area contributed by atoms with Crippen LogP contribution < -0.4 is 5.32 Å². The fourth-order valence-corrected chi connectivity index (χ4v) is 5.45. The molecule has 0 aromatic heterocycles. The van der Waals surface area contributed by atoms with Gasteiger partial charge in [-0.1, -0.05) is 29.8 Å². The Kier molecular flexibility index (Phi) is 5.57. The first-order valence-corrected chi connectivity index (χ1v) is 11.3. The molecule has 0 radical (unpaired) electrons. The lowest BCUT2D eigenvalue weighted by Crippen LogP contribution is -2.57. The molecule has 3 atom stereocenters. The molecule has 0 aliphatic carbocycles. The molecule has 30 heavy (non-hydrogen) atoms. The number of amides is 2. The summed E-state index contributed by atoms with van der Waals surface area (Å²) in [7, 11) is 3.38. The monoisotopic (exact) mass is 445 g/mol. The molecule has 2 heterocycles. The van der Waals surface area contributed by atoms with Crippen molar-refractivity contribution in [1.82, 2.24) is 9.80 Å². The molecule has 2 N–H and O–H groups in total. The number of carbonyl (C=O) groups is 2. The van der Waals surface area contributed by atoms with Gasteiger partial charge in [0.1, 0.15) is 0 Å². The number of aliphatic hydroxyl groups excluding tert-OH is 1. The highest BCUT2D eigenvalue weighted by molar-refractivity contribution is 7.98. The second kappa shape index (κ2) is 7.89. The first-order valence-electron chi connectivity index (χ1n) is 9.71. The third-order valence-corrected chi connectivity index (χ3v) is 6.91. The number of aliphatic hydroxyl groups is 1. The van der Waals surface area contributed by atoms with Crippen LogP contribution in [0.3, 0.4) is 0 Å². The van der Waals surface area contributed by atoms with Gasteiger partial charge in [-0.15, -0.1) is 11.8 Å². The van der Waals surface area contributed by atoms with Gasteiger partial charge in [-0.2, -0.15) is 0 Å². The summed E-state index contributed by atoms with van der Waals surface area (Å²) in [5.41, 5.74) is 0.875. The molecule has 0 bridgehead atoms. The number of benzene rings is 2. The van der Waals surface area contributed by atoms with E-state index >= 15 is 0 Å². The predicted molar refractivity (Wildman–Crippen MR) is 119 cm³/mol. The Labute approximate surface area is 185 Å². The molecule has 158 valence electrons. The van der Waals surface area contributed by atoms with Gasteiger partial charge < -0.3 is 15.3 Å². The first-order chi connectivity index (χ1) is 14.3. The van der Waals surface area contributed by atoms with E-state index in [1.165, 1.54) is 16.7 Å². The topological polar surface area (TPSA) is 72.9 Å². The van der Waals surface area contributed by atoms with Crippen LogP contribution in [-0.2, 0) is 15.1 Å². The molecular formula is C22H24ClN3O3S. The van der Waals surface area contributed by atoms with E-state index in [0.717, 1.165) is 10.5 Å². The fraction of sp³-hybridized carbons (Fsp3) is 0.364. The van der Waals surface area contributed by atoms with E-state index in [1.54, 1.807) is 32.3 Å². The van der Waals surface area contributed by atoms with Gasteiger partial charge in [-0.05, 0) is 42.5 Å². The van der Waals surface area contributed by atoms with Crippen LogP contribution in [0.2, 0.25) is 5.02 Å². The number of nitrogens with zero attached hydrogens (tertiary/aromatic N) is 2. The van der Waals surface area contributed by atoms with Crippen molar-refractivity contribution in [1.29, 1.82) is 0 Å². The molecule has 1 fully saturated rings. The van der Waals surface area contributed by atoms with Crippen molar-refractivity contribution < 1.29 is 14.7 Å². The summed E-state index contributed by atoms with van der Waals surface area (Å²) < 4.78 is 0. The first kappa shape index (κ1) is 21.2. The Bertz CT molecular complexity index is 1010. The maximum absolute atomic E-state index is 13.8. The number of halogens is 1. The Morgan fingerprint density at radius 3 is 2.70 bits per heavy atom. The van der Waals surface area contributed by atoms with Crippen LogP contribution in [0.4, 0.5) is 5.69 Å². The number of nitrogens with one attached hydrogen (secondary N) is 1. The van der Waals surface area contributed by atoms with Gasteiger partial charge in [0.2, 0.25) is 5.91 Å². The molecular weight excluding hydrogens is 422 g/mol. The average molecular weight is 446 g/mol. The lowest BCUT2D eigenvalue weighted by molar-refractivity contribution is -0.138. The second-order valence-electron chi connectivity index (χ2n) is 7.85. The Morgan fingerprint density at radius 2 is 2.00 bits per heavy atom. The van der Waals surface area contributed by atoms with Gasteiger partial charge >= 0.3 is 0 Å². The number of β-amino-alcohol motifs (C(OH)–C–C–N with tert-alkyl or cyclic N) is 1. The molecule has 2 aliphatic rings. The Morgan fingerprint density at radius 1 is 1.27 bits per heavy atom. The van der Waals surface area contributed by atoms with E-state index in [9.17, 15) is 14.7 Å². The number of carbonyl (C=O) groups excluding carboxylic acids is 2.